The van der Waals surface area contributed by atoms with Gasteiger partial charge in [0.15, 0.2) is 0 Å². The van der Waals surface area contributed by atoms with Crippen LogP contribution in [0.25, 0.3) is 0 Å². The lowest BCUT2D eigenvalue weighted by Crippen LogP contribution is -2.34. The summed E-state index contributed by atoms with van der Waals surface area (Å²) in [7, 11) is -3.86. The Bertz CT molecular complexity index is 759. The van der Waals surface area contributed by atoms with Crippen molar-refractivity contribution in [2.24, 2.45) is 5.41 Å². The maximum Gasteiger partial charge on any atom is 0.253 e. The Morgan fingerprint density at radius 1 is 1.27 bits per heavy atom. The quantitative estimate of drug-likeness (QED) is 0.672. The van der Waals surface area contributed by atoms with Gasteiger partial charge in [-0.2, -0.15) is 0 Å². The molecule has 2 fully saturated rings. The van der Waals surface area contributed by atoms with Crippen LogP contribution in [-0.4, -0.2) is 61.8 Å². The average Bonchev–Trinajstić information content (AvgIpc) is 3.29. The van der Waals surface area contributed by atoms with Crippen molar-refractivity contribution in [3.8, 4) is 0 Å². The first-order chi connectivity index (χ1) is 12.4. The van der Waals surface area contributed by atoms with Crippen LogP contribution in [0.15, 0.2) is 29.2 Å². The van der Waals surface area contributed by atoms with E-state index in [1.165, 1.54) is 37.8 Å². The normalized spacial score (nSPS) is 20.6. The minimum atomic E-state index is -3.86. The highest BCUT2D eigenvalue weighted by Crippen LogP contribution is 2.45. The lowest BCUT2D eigenvalue weighted by Gasteiger charge is -2.23. The summed E-state index contributed by atoms with van der Waals surface area (Å²) in [6.45, 7) is 0.657. The van der Waals surface area contributed by atoms with Gasteiger partial charge in [0, 0.05) is 25.2 Å². The predicted octanol–water partition coefficient (Wildman–Crippen LogP) is 0.724. The molecule has 1 aromatic carbocycles. The summed E-state index contributed by atoms with van der Waals surface area (Å²) < 4.78 is 26.9. The molecule has 0 radical (unpaired) electrons. The molecule has 26 heavy (non-hydrogen) atoms. The van der Waals surface area contributed by atoms with Gasteiger partial charge in [0.05, 0.1) is 17.6 Å². The highest BCUT2D eigenvalue weighted by Gasteiger charge is 2.41. The van der Waals surface area contributed by atoms with E-state index in [4.69, 9.17) is 5.11 Å². The van der Waals surface area contributed by atoms with Crippen molar-refractivity contribution in [3.05, 3.63) is 29.8 Å². The number of sulfonamides is 1. The first-order valence-corrected chi connectivity index (χ1v) is 10.5. The van der Waals surface area contributed by atoms with Gasteiger partial charge < -0.3 is 15.1 Å². The lowest BCUT2D eigenvalue weighted by atomic mass is 9.86. The van der Waals surface area contributed by atoms with Gasteiger partial charge in [-0.05, 0) is 42.9 Å². The van der Waals surface area contributed by atoms with Gasteiger partial charge >= 0.3 is 0 Å². The molecule has 8 heteroatoms. The zero-order valence-electron chi connectivity index (χ0n) is 14.7. The van der Waals surface area contributed by atoms with E-state index in [1.807, 2.05) is 4.90 Å². The largest absolute Gasteiger partial charge is 0.394 e. The van der Waals surface area contributed by atoms with Crippen LogP contribution >= 0.6 is 0 Å². The third-order valence-electron chi connectivity index (χ3n) is 5.50. The van der Waals surface area contributed by atoms with E-state index in [0.29, 0.717) is 5.56 Å². The summed E-state index contributed by atoms with van der Waals surface area (Å²) in [6.07, 6.45) is 4.64. The summed E-state index contributed by atoms with van der Waals surface area (Å²) in [5.74, 6) is -0.138. The van der Waals surface area contributed by atoms with Crippen LogP contribution in [0.1, 0.15) is 42.5 Å². The minimum Gasteiger partial charge on any atom is -0.394 e. The number of rotatable bonds is 6. The zero-order valence-corrected chi connectivity index (χ0v) is 15.5. The summed E-state index contributed by atoms with van der Waals surface area (Å²) in [6, 6.07) is 5.96. The molecule has 144 valence electrons. The molecule has 1 saturated heterocycles. The molecule has 1 atom stereocenters. The highest BCUT2D eigenvalue weighted by atomic mass is 32.2. The summed E-state index contributed by atoms with van der Waals surface area (Å²) >= 11 is 0. The van der Waals surface area contributed by atoms with Gasteiger partial charge in [0.1, 0.15) is 0 Å². The molecule has 1 saturated carbocycles. The van der Waals surface area contributed by atoms with Crippen LogP contribution in [-0.2, 0) is 10.0 Å². The number of benzene rings is 1. The van der Waals surface area contributed by atoms with Gasteiger partial charge in [-0.25, -0.2) is 13.1 Å². The second kappa shape index (κ2) is 7.64. The van der Waals surface area contributed by atoms with E-state index in [1.54, 1.807) is 12.1 Å². The Kier molecular flexibility index (Phi) is 5.67. The number of nitrogens with one attached hydrogen (secondary N) is 1. The molecule has 1 aliphatic heterocycles. The molecule has 1 spiro atoms. The van der Waals surface area contributed by atoms with Gasteiger partial charge in [0.2, 0.25) is 10.0 Å². The van der Waals surface area contributed by atoms with Crippen LogP contribution in [0.3, 0.4) is 0 Å². The monoisotopic (exact) mass is 382 g/mol. The number of aliphatic hydroxyl groups excluding tert-OH is 2. The van der Waals surface area contributed by atoms with Crippen molar-refractivity contribution in [1.29, 1.82) is 0 Å². The maximum absolute atomic E-state index is 12.8. The van der Waals surface area contributed by atoms with E-state index < -0.39 is 22.7 Å². The summed E-state index contributed by atoms with van der Waals surface area (Å²) in [5.41, 5.74) is 0.618. The fourth-order valence-corrected chi connectivity index (χ4v) is 5.09. The van der Waals surface area contributed by atoms with Crippen LogP contribution in [0, 0.1) is 5.41 Å². The van der Waals surface area contributed by atoms with Crippen molar-refractivity contribution < 1.29 is 23.4 Å². The van der Waals surface area contributed by atoms with Crippen LogP contribution in [0.5, 0.6) is 0 Å². The predicted molar refractivity (Wildman–Crippen MR) is 96.1 cm³/mol. The van der Waals surface area contributed by atoms with Crippen molar-refractivity contribution in [2.75, 3.05) is 26.2 Å². The van der Waals surface area contributed by atoms with Crippen LogP contribution in [0.2, 0.25) is 0 Å². The van der Waals surface area contributed by atoms with Gasteiger partial charge in [-0.1, -0.05) is 18.9 Å². The Hall–Kier alpha value is -1.48. The molecule has 1 amide bonds. The SMILES string of the molecule is O=C(c1cccc(S(=O)(=O)NC[C@H](O)CO)c1)N1CCC2(CCCC2)C1. The zero-order chi connectivity index (χ0) is 18.8. The van der Waals surface area contributed by atoms with E-state index in [9.17, 15) is 18.3 Å². The van der Waals surface area contributed by atoms with Gasteiger partial charge in [0.25, 0.3) is 5.91 Å². The van der Waals surface area contributed by atoms with Crippen molar-refractivity contribution in [3.63, 3.8) is 0 Å². The minimum absolute atomic E-state index is 0.0248. The Balaban J connectivity index is 1.71. The Morgan fingerprint density at radius 2 is 2.00 bits per heavy atom. The molecular formula is C18H26N2O5S. The number of hydrogen-bond acceptors (Lipinski definition) is 5. The molecule has 3 rings (SSSR count). The molecule has 1 aliphatic carbocycles. The molecule has 2 aliphatic rings. The van der Waals surface area contributed by atoms with Crippen molar-refractivity contribution in [1.82, 2.24) is 9.62 Å². The summed E-state index contributed by atoms with van der Waals surface area (Å²) in [4.78, 5) is 14.6. The second-order valence-corrected chi connectivity index (χ2v) is 9.17. The standard InChI is InChI=1S/C18H26N2O5S/c21-12-15(22)11-19-26(24,25)16-5-3-4-14(10-16)17(23)20-9-8-18(13-20)6-1-2-7-18/h3-5,10,15,19,21-22H,1-2,6-9,11-13H2/t15-/m0/s1. The fraction of sp³-hybridized carbons (Fsp3) is 0.611. The second-order valence-electron chi connectivity index (χ2n) is 7.40. The maximum atomic E-state index is 12.8. The van der Waals surface area contributed by atoms with E-state index >= 15 is 0 Å². The first-order valence-electron chi connectivity index (χ1n) is 9.03. The molecular weight excluding hydrogens is 356 g/mol. The van der Waals surface area contributed by atoms with E-state index in [0.717, 1.165) is 19.5 Å². The number of amides is 1. The lowest BCUT2D eigenvalue weighted by molar-refractivity contribution is 0.0773. The molecule has 1 heterocycles. The van der Waals surface area contributed by atoms with Crippen LogP contribution < -0.4 is 4.72 Å². The number of carbonyl (C=O) groups is 1. The van der Waals surface area contributed by atoms with Crippen LogP contribution in [0.4, 0.5) is 0 Å². The Labute approximate surface area is 154 Å². The molecule has 1 aromatic rings. The Morgan fingerprint density at radius 3 is 2.69 bits per heavy atom. The molecule has 7 nitrogen and oxygen atoms in total. The number of nitrogens with zero attached hydrogens (tertiary/aromatic N) is 1. The third-order valence-corrected chi connectivity index (χ3v) is 6.92. The molecule has 0 unspecified atom stereocenters. The molecule has 0 aromatic heterocycles. The van der Waals surface area contributed by atoms with Crippen molar-refractivity contribution >= 4 is 15.9 Å². The van der Waals surface area contributed by atoms with Gasteiger partial charge in [-0.3, -0.25) is 4.79 Å². The smallest absolute Gasteiger partial charge is 0.253 e. The number of likely N-dealkylation sites (tertiary alicyclic amines) is 1. The first kappa shape index (κ1) is 19.3. The number of aliphatic hydroxyl groups is 2. The number of carbonyl (C=O) groups excluding carboxylic acids is 1. The highest BCUT2D eigenvalue weighted by molar-refractivity contribution is 7.89. The third kappa shape index (κ3) is 4.09. The average molecular weight is 382 g/mol. The van der Waals surface area contributed by atoms with Gasteiger partial charge in [-0.15, -0.1) is 0 Å². The fourth-order valence-electron chi connectivity index (χ4n) is 3.97. The van der Waals surface area contributed by atoms with E-state index in [-0.39, 0.29) is 22.8 Å². The summed E-state index contributed by atoms with van der Waals surface area (Å²) in [5, 5.41) is 18.1. The molecule has 0 bridgehead atoms. The number of hydrogen-bond donors (Lipinski definition) is 3. The van der Waals surface area contributed by atoms with E-state index in [2.05, 4.69) is 4.72 Å². The van der Waals surface area contributed by atoms with Crippen molar-refractivity contribution in [2.45, 2.75) is 43.1 Å². The topological polar surface area (TPSA) is 107 Å². The molecule has 3 N–H and O–H groups in total.